The van der Waals surface area contributed by atoms with E-state index in [0.717, 1.165) is 0 Å². The van der Waals surface area contributed by atoms with Gasteiger partial charge in [-0.2, -0.15) is 0 Å². The summed E-state index contributed by atoms with van der Waals surface area (Å²) < 4.78 is 5.39. The molecule has 7 nitrogen and oxygen atoms in total. The van der Waals surface area contributed by atoms with Gasteiger partial charge in [0.25, 0.3) is 5.69 Å². The predicted molar refractivity (Wildman–Crippen MR) is 77.5 cm³/mol. The van der Waals surface area contributed by atoms with Crippen LogP contribution in [0.5, 0.6) is 0 Å². The Labute approximate surface area is 122 Å². The van der Waals surface area contributed by atoms with Crippen molar-refractivity contribution >= 4 is 17.7 Å². The lowest BCUT2D eigenvalue weighted by molar-refractivity contribution is -0.384. The largest absolute Gasteiger partial charge is 0.373 e. The Kier molecular flexibility index (Phi) is 5.02. The third-order valence-corrected chi connectivity index (χ3v) is 3.21. The first-order valence-electron chi connectivity index (χ1n) is 6.63. The second kappa shape index (κ2) is 6.96. The Morgan fingerprint density at radius 2 is 2.38 bits per heavy atom. The van der Waals surface area contributed by atoms with Crippen molar-refractivity contribution in [3.63, 3.8) is 0 Å². The zero-order valence-corrected chi connectivity index (χ0v) is 11.5. The number of nitrogens with two attached hydrogens (primary N) is 1. The van der Waals surface area contributed by atoms with E-state index in [1.807, 2.05) is 0 Å². The van der Waals surface area contributed by atoms with E-state index in [9.17, 15) is 14.9 Å². The SMILES string of the molecule is NCC1CN(C(=O)/C=C/c2cccc([N+](=O)[O-])c2)CCO1. The Bertz CT molecular complexity index is 559. The predicted octanol–water partition coefficient (Wildman–Crippen LogP) is 0.794. The molecule has 1 aliphatic rings. The van der Waals surface area contributed by atoms with E-state index in [-0.39, 0.29) is 17.7 Å². The molecule has 0 aromatic heterocycles. The van der Waals surface area contributed by atoms with E-state index in [2.05, 4.69) is 0 Å². The zero-order chi connectivity index (χ0) is 15.2. The Hall–Kier alpha value is -2.25. The number of benzene rings is 1. The van der Waals surface area contributed by atoms with Crippen molar-refractivity contribution in [2.24, 2.45) is 5.73 Å². The molecular formula is C14H17N3O4. The fourth-order valence-corrected chi connectivity index (χ4v) is 2.08. The molecule has 1 heterocycles. The highest BCUT2D eigenvalue weighted by atomic mass is 16.6. The smallest absolute Gasteiger partial charge is 0.270 e. The Balaban J connectivity index is 2.01. The molecule has 0 radical (unpaired) electrons. The van der Waals surface area contributed by atoms with E-state index in [0.29, 0.717) is 31.8 Å². The maximum absolute atomic E-state index is 12.1. The number of hydrogen-bond donors (Lipinski definition) is 1. The number of morpholine rings is 1. The molecule has 1 saturated heterocycles. The van der Waals surface area contributed by atoms with Gasteiger partial charge in [-0.3, -0.25) is 14.9 Å². The van der Waals surface area contributed by atoms with Crippen LogP contribution in [0.25, 0.3) is 6.08 Å². The van der Waals surface area contributed by atoms with Crippen LogP contribution in [0.1, 0.15) is 5.56 Å². The van der Waals surface area contributed by atoms with Gasteiger partial charge in [-0.25, -0.2) is 0 Å². The molecule has 7 heteroatoms. The van der Waals surface area contributed by atoms with Gasteiger partial charge in [0.15, 0.2) is 0 Å². The molecule has 0 spiro atoms. The van der Waals surface area contributed by atoms with E-state index in [1.54, 1.807) is 23.1 Å². The lowest BCUT2D eigenvalue weighted by atomic mass is 10.2. The summed E-state index contributed by atoms with van der Waals surface area (Å²) in [6.45, 7) is 1.83. The first-order chi connectivity index (χ1) is 10.1. The first-order valence-corrected chi connectivity index (χ1v) is 6.63. The van der Waals surface area contributed by atoms with Crippen LogP contribution in [0.4, 0.5) is 5.69 Å². The van der Waals surface area contributed by atoms with Gasteiger partial charge in [-0.05, 0) is 11.6 Å². The maximum Gasteiger partial charge on any atom is 0.270 e. The second-order valence-electron chi connectivity index (χ2n) is 4.70. The first kappa shape index (κ1) is 15.1. The van der Waals surface area contributed by atoms with E-state index in [1.165, 1.54) is 18.2 Å². The summed E-state index contributed by atoms with van der Waals surface area (Å²) in [7, 11) is 0. The topological polar surface area (TPSA) is 98.7 Å². The van der Waals surface area contributed by atoms with E-state index < -0.39 is 4.92 Å². The van der Waals surface area contributed by atoms with Crippen LogP contribution >= 0.6 is 0 Å². The Morgan fingerprint density at radius 1 is 1.57 bits per heavy atom. The summed E-state index contributed by atoms with van der Waals surface area (Å²) in [4.78, 5) is 23.9. The standard InChI is InChI=1S/C14H17N3O4/c15-9-13-10-16(6-7-21-13)14(18)5-4-11-2-1-3-12(8-11)17(19)20/h1-5,8,13H,6-7,9-10,15H2/b5-4+. The van der Waals surface area contributed by atoms with Crippen molar-refractivity contribution < 1.29 is 14.5 Å². The number of nitro benzene ring substituents is 1. The normalized spacial score (nSPS) is 18.9. The lowest BCUT2D eigenvalue weighted by Gasteiger charge is -2.31. The van der Waals surface area contributed by atoms with Gasteiger partial charge in [0.05, 0.1) is 17.6 Å². The molecule has 1 atom stereocenters. The quantitative estimate of drug-likeness (QED) is 0.502. The van der Waals surface area contributed by atoms with Gasteiger partial charge in [-0.1, -0.05) is 12.1 Å². The summed E-state index contributed by atoms with van der Waals surface area (Å²) in [5.74, 6) is -0.150. The van der Waals surface area contributed by atoms with Crippen LogP contribution in [0.3, 0.4) is 0 Å². The molecule has 0 bridgehead atoms. The second-order valence-corrected chi connectivity index (χ2v) is 4.70. The third kappa shape index (κ3) is 4.11. The zero-order valence-electron chi connectivity index (χ0n) is 11.5. The van der Waals surface area contributed by atoms with Crippen LogP contribution in [0, 0.1) is 10.1 Å². The lowest BCUT2D eigenvalue weighted by Crippen LogP contribution is -2.47. The van der Waals surface area contributed by atoms with Crippen LogP contribution in [0.15, 0.2) is 30.3 Å². The van der Waals surface area contributed by atoms with Gasteiger partial charge < -0.3 is 15.4 Å². The summed E-state index contributed by atoms with van der Waals surface area (Å²) in [6, 6.07) is 6.12. The minimum absolute atomic E-state index is 0.000771. The van der Waals surface area contributed by atoms with Crippen molar-refractivity contribution in [3.05, 3.63) is 46.0 Å². The number of amides is 1. The molecule has 0 aliphatic carbocycles. The summed E-state index contributed by atoms with van der Waals surface area (Å²) in [6.07, 6.45) is 2.86. The molecule has 2 rings (SSSR count). The average Bonchev–Trinajstić information content (AvgIpc) is 2.53. The number of nitrogens with zero attached hydrogens (tertiary/aromatic N) is 2. The van der Waals surface area contributed by atoms with Crippen LogP contribution < -0.4 is 5.73 Å². The Morgan fingerprint density at radius 3 is 3.10 bits per heavy atom. The number of hydrogen-bond acceptors (Lipinski definition) is 5. The molecule has 1 amide bonds. The molecule has 2 N–H and O–H groups in total. The minimum Gasteiger partial charge on any atom is -0.373 e. The van der Waals surface area contributed by atoms with E-state index >= 15 is 0 Å². The number of carbonyl (C=O) groups excluding carboxylic acids is 1. The molecule has 0 saturated carbocycles. The highest BCUT2D eigenvalue weighted by Gasteiger charge is 2.21. The molecule has 1 aliphatic heterocycles. The third-order valence-electron chi connectivity index (χ3n) is 3.21. The summed E-state index contributed by atoms with van der Waals surface area (Å²) in [5, 5.41) is 10.7. The average molecular weight is 291 g/mol. The van der Waals surface area contributed by atoms with Gasteiger partial charge in [0.2, 0.25) is 5.91 Å². The van der Waals surface area contributed by atoms with Crippen LogP contribution in [-0.4, -0.2) is 48.1 Å². The number of carbonyl (C=O) groups is 1. The number of nitro groups is 1. The summed E-state index contributed by atoms with van der Waals surface area (Å²) in [5.41, 5.74) is 6.14. The number of non-ortho nitro benzene ring substituents is 1. The highest BCUT2D eigenvalue weighted by molar-refractivity contribution is 5.91. The van der Waals surface area contributed by atoms with Crippen LogP contribution in [-0.2, 0) is 9.53 Å². The molecule has 21 heavy (non-hydrogen) atoms. The van der Waals surface area contributed by atoms with E-state index in [4.69, 9.17) is 10.5 Å². The van der Waals surface area contributed by atoms with Crippen molar-refractivity contribution in [1.29, 1.82) is 0 Å². The molecule has 1 aromatic carbocycles. The van der Waals surface area contributed by atoms with Gasteiger partial charge in [0.1, 0.15) is 0 Å². The monoisotopic (exact) mass is 291 g/mol. The molecule has 112 valence electrons. The van der Waals surface area contributed by atoms with Crippen molar-refractivity contribution in [1.82, 2.24) is 4.90 Å². The minimum atomic E-state index is -0.465. The van der Waals surface area contributed by atoms with Gasteiger partial charge >= 0.3 is 0 Å². The molecule has 1 aromatic rings. The van der Waals surface area contributed by atoms with Crippen molar-refractivity contribution in [2.75, 3.05) is 26.2 Å². The molecular weight excluding hydrogens is 274 g/mol. The van der Waals surface area contributed by atoms with Gasteiger partial charge in [-0.15, -0.1) is 0 Å². The fourth-order valence-electron chi connectivity index (χ4n) is 2.08. The molecule has 1 fully saturated rings. The van der Waals surface area contributed by atoms with Crippen molar-refractivity contribution in [3.8, 4) is 0 Å². The number of rotatable bonds is 4. The fraction of sp³-hybridized carbons (Fsp3) is 0.357. The van der Waals surface area contributed by atoms with Crippen molar-refractivity contribution in [2.45, 2.75) is 6.10 Å². The summed E-state index contributed by atoms with van der Waals surface area (Å²) >= 11 is 0. The molecule has 1 unspecified atom stereocenters. The van der Waals surface area contributed by atoms with Crippen LogP contribution in [0.2, 0.25) is 0 Å². The highest BCUT2D eigenvalue weighted by Crippen LogP contribution is 2.14. The maximum atomic E-state index is 12.1. The van der Waals surface area contributed by atoms with Gasteiger partial charge in [0, 0.05) is 37.8 Å². The number of ether oxygens (including phenoxy) is 1.